The van der Waals surface area contributed by atoms with E-state index in [1.54, 1.807) is 12.1 Å². The highest BCUT2D eigenvalue weighted by atomic mass is 31.2. The van der Waals surface area contributed by atoms with E-state index in [0.717, 1.165) is 42.8 Å². The minimum atomic E-state index is -4.64. The standard InChI is InChI=1S/C25H34FN3O2.H3O4P/c1-19(2)18-31-24-10-6-20(7-11-24)16-27-25(30)29(23-12-14-28(3)15-13-23)17-21-4-8-22(26)9-5-21;1-5(2,3)4/h4-11,19,23H,12-18H2,1-3H3,(H,27,30);(H3,1,2,3,4). The minimum Gasteiger partial charge on any atom is -0.493 e. The van der Waals surface area contributed by atoms with Crippen molar-refractivity contribution in [2.75, 3.05) is 26.7 Å². The molecule has 36 heavy (non-hydrogen) atoms. The molecule has 0 bridgehead atoms. The molecule has 4 N–H and O–H groups in total. The number of carbonyl (C=O) groups is 1. The molecule has 0 aliphatic carbocycles. The van der Waals surface area contributed by atoms with E-state index in [1.807, 2.05) is 29.2 Å². The molecule has 11 heteroatoms. The van der Waals surface area contributed by atoms with Crippen molar-refractivity contribution in [2.45, 2.75) is 45.8 Å². The maximum Gasteiger partial charge on any atom is 0.466 e. The first-order valence-corrected chi connectivity index (χ1v) is 13.4. The average molecular weight is 526 g/mol. The van der Waals surface area contributed by atoms with Gasteiger partial charge in [0.1, 0.15) is 11.6 Å². The van der Waals surface area contributed by atoms with E-state index in [0.29, 0.717) is 25.6 Å². The maximum atomic E-state index is 13.3. The van der Waals surface area contributed by atoms with Gasteiger partial charge in [0.15, 0.2) is 0 Å². The predicted molar refractivity (Wildman–Crippen MR) is 136 cm³/mol. The number of ether oxygens (including phenoxy) is 1. The second-order valence-electron chi connectivity index (χ2n) is 9.31. The number of amides is 2. The Labute approximate surface area is 212 Å². The molecular weight excluding hydrogens is 488 g/mol. The third-order valence-corrected chi connectivity index (χ3v) is 5.61. The van der Waals surface area contributed by atoms with Gasteiger partial charge in [0.2, 0.25) is 0 Å². The molecule has 2 aromatic carbocycles. The Morgan fingerprint density at radius 1 is 1.08 bits per heavy atom. The topological polar surface area (TPSA) is 123 Å². The zero-order chi connectivity index (χ0) is 26.7. The molecular formula is C25H37FN3O6P. The molecule has 0 radical (unpaired) electrons. The average Bonchev–Trinajstić information content (AvgIpc) is 2.81. The van der Waals surface area contributed by atoms with Crippen molar-refractivity contribution in [1.82, 2.24) is 15.1 Å². The Morgan fingerprint density at radius 2 is 1.61 bits per heavy atom. The highest BCUT2D eigenvalue weighted by molar-refractivity contribution is 7.45. The molecule has 1 heterocycles. The summed E-state index contributed by atoms with van der Waals surface area (Å²) in [5.74, 6) is 1.05. The van der Waals surface area contributed by atoms with Gasteiger partial charge in [0, 0.05) is 19.1 Å². The Kier molecular flexibility index (Phi) is 11.8. The summed E-state index contributed by atoms with van der Waals surface area (Å²) in [7, 11) is -2.53. The number of hydrogen-bond donors (Lipinski definition) is 4. The van der Waals surface area contributed by atoms with Crippen molar-refractivity contribution < 1.29 is 33.2 Å². The SMILES string of the molecule is CC(C)COc1ccc(CNC(=O)N(Cc2ccc(F)cc2)C2CCN(C)CC2)cc1.O=P(O)(O)O. The summed E-state index contributed by atoms with van der Waals surface area (Å²) in [6.07, 6.45) is 1.88. The number of phosphoric acid groups is 1. The lowest BCUT2D eigenvalue weighted by Gasteiger charge is -2.37. The van der Waals surface area contributed by atoms with Gasteiger partial charge in [-0.2, -0.15) is 0 Å². The molecule has 1 saturated heterocycles. The fraction of sp³-hybridized carbons (Fsp3) is 0.480. The van der Waals surface area contributed by atoms with Crippen LogP contribution in [0.1, 0.15) is 37.8 Å². The number of carbonyl (C=O) groups excluding carboxylic acids is 1. The third-order valence-electron chi connectivity index (χ3n) is 5.61. The molecule has 2 amide bonds. The molecule has 2 aromatic rings. The molecule has 0 unspecified atom stereocenters. The van der Waals surface area contributed by atoms with Crippen LogP contribution in [0.25, 0.3) is 0 Å². The number of urea groups is 1. The number of nitrogens with one attached hydrogen (secondary N) is 1. The molecule has 0 aromatic heterocycles. The zero-order valence-electron chi connectivity index (χ0n) is 21.0. The molecule has 0 spiro atoms. The first-order chi connectivity index (χ1) is 16.9. The second-order valence-corrected chi connectivity index (χ2v) is 10.3. The van der Waals surface area contributed by atoms with Crippen molar-refractivity contribution in [2.24, 2.45) is 5.92 Å². The Bertz CT molecular complexity index is 968. The number of nitrogens with zero attached hydrogens (tertiary/aromatic N) is 2. The summed E-state index contributed by atoms with van der Waals surface area (Å²) in [5, 5.41) is 3.07. The first kappa shape index (κ1) is 29.7. The van der Waals surface area contributed by atoms with Crippen LogP contribution in [-0.2, 0) is 17.7 Å². The first-order valence-electron chi connectivity index (χ1n) is 11.9. The van der Waals surface area contributed by atoms with Gasteiger partial charge in [-0.1, -0.05) is 38.1 Å². The van der Waals surface area contributed by atoms with E-state index < -0.39 is 7.82 Å². The van der Waals surface area contributed by atoms with E-state index in [1.165, 1.54) is 12.1 Å². The lowest BCUT2D eigenvalue weighted by Crippen LogP contribution is -2.49. The van der Waals surface area contributed by atoms with Crippen molar-refractivity contribution in [3.05, 3.63) is 65.5 Å². The van der Waals surface area contributed by atoms with E-state index >= 15 is 0 Å². The summed E-state index contributed by atoms with van der Waals surface area (Å²) in [5.41, 5.74) is 1.96. The molecule has 9 nitrogen and oxygen atoms in total. The van der Waals surface area contributed by atoms with Crippen molar-refractivity contribution in [3.8, 4) is 5.75 Å². The van der Waals surface area contributed by atoms with Crippen LogP contribution in [0.2, 0.25) is 0 Å². The third kappa shape index (κ3) is 12.0. The molecule has 1 aliphatic heterocycles. The van der Waals surface area contributed by atoms with E-state index in [4.69, 9.17) is 24.0 Å². The van der Waals surface area contributed by atoms with Crippen molar-refractivity contribution in [1.29, 1.82) is 0 Å². The number of piperidine rings is 1. The van der Waals surface area contributed by atoms with E-state index in [2.05, 4.69) is 31.1 Å². The van der Waals surface area contributed by atoms with Gasteiger partial charge in [-0.25, -0.2) is 13.8 Å². The van der Waals surface area contributed by atoms with Gasteiger partial charge >= 0.3 is 13.9 Å². The molecule has 3 rings (SSSR count). The van der Waals surface area contributed by atoms with Crippen molar-refractivity contribution >= 4 is 13.9 Å². The van der Waals surface area contributed by atoms with Crippen LogP contribution in [0.3, 0.4) is 0 Å². The van der Waals surface area contributed by atoms with Gasteiger partial charge in [-0.05, 0) is 74.3 Å². The van der Waals surface area contributed by atoms with Crippen LogP contribution in [0, 0.1) is 11.7 Å². The number of halogens is 1. The molecule has 1 aliphatic rings. The lowest BCUT2D eigenvalue weighted by molar-refractivity contribution is 0.127. The zero-order valence-corrected chi connectivity index (χ0v) is 21.9. The lowest BCUT2D eigenvalue weighted by atomic mass is 10.0. The minimum absolute atomic E-state index is 0.0842. The summed E-state index contributed by atoms with van der Waals surface area (Å²) >= 11 is 0. The number of hydrogen-bond acceptors (Lipinski definition) is 4. The van der Waals surface area contributed by atoms with E-state index in [-0.39, 0.29) is 17.9 Å². The normalized spacial score (nSPS) is 14.7. The molecule has 0 saturated carbocycles. The highest BCUT2D eigenvalue weighted by Gasteiger charge is 2.27. The van der Waals surface area contributed by atoms with Crippen molar-refractivity contribution in [3.63, 3.8) is 0 Å². The van der Waals surface area contributed by atoms with Crippen LogP contribution >= 0.6 is 7.82 Å². The van der Waals surface area contributed by atoms with Gasteiger partial charge in [0.05, 0.1) is 6.61 Å². The summed E-state index contributed by atoms with van der Waals surface area (Å²) < 4.78 is 27.9. The fourth-order valence-electron chi connectivity index (χ4n) is 3.71. The second kappa shape index (κ2) is 14.3. The number of rotatable bonds is 8. The fourth-order valence-corrected chi connectivity index (χ4v) is 3.71. The van der Waals surface area contributed by atoms with Crippen LogP contribution in [0.5, 0.6) is 5.75 Å². The van der Waals surface area contributed by atoms with Gasteiger partial charge in [-0.3, -0.25) is 0 Å². The molecule has 1 fully saturated rings. The Balaban J connectivity index is 0.000000830. The Hall–Kier alpha value is -2.49. The quantitative estimate of drug-likeness (QED) is 0.387. The van der Waals surface area contributed by atoms with E-state index in [9.17, 15) is 9.18 Å². The van der Waals surface area contributed by atoms with Gasteiger partial charge in [0.25, 0.3) is 0 Å². The van der Waals surface area contributed by atoms with Crippen LogP contribution in [0.15, 0.2) is 48.5 Å². The largest absolute Gasteiger partial charge is 0.493 e. The van der Waals surface area contributed by atoms with Gasteiger partial charge < -0.3 is 34.5 Å². The Morgan fingerprint density at radius 3 is 2.14 bits per heavy atom. The predicted octanol–water partition coefficient (Wildman–Crippen LogP) is 3.74. The summed E-state index contributed by atoms with van der Waals surface area (Å²) in [4.78, 5) is 38.9. The smallest absolute Gasteiger partial charge is 0.466 e. The molecule has 0 atom stereocenters. The van der Waals surface area contributed by atoms with Gasteiger partial charge in [-0.15, -0.1) is 0 Å². The van der Waals surface area contributed by atoms with Crippen LogP contribution in [0.4, 0.5) is 9.18 Å². The molecule has 200 valence electrons. The highest BCUT2D eigenvalue weighted by Crippen LogP contribution is 2.26. The maximum absolute atomic E-state index is 13.3. The monoisotopic (exact) mass is 525 g/mol. The summed E-state index contributed by atoms with van der Waals surface area (Å²) in [6, 6.07) is 14.3. The van der Waals surface area contributed by atoms with Crippen LogP contribution < -0.4 is 10.1 Å². The summed E-state index contributed by atoms with van der Waals surface area (Å²) in [6.45, 7) is 7.78. The van der Waals surface area contributed by atoms with Crippen LogP contribution in [-0.4, -0.2) is 63.3 Å². The number of likely N-dealkylation sites (tertiary alicyclic amines) is 1. The number of benzene rings is 2.